The first-order valence-electron chi connectivity index (χ1n) is 20.1. The number of nitrogens with zero attached hydrogens (tertiary/aromatic N) is 1. The molecule has 3 unspecified atom stereocenters. The van der Waals surface area contributed by atoms with Crippen molar-refractivity contribution in [2.45, 2.75) is 151 Å². The van der Waals surface area contributed by atoms with E-state index in [-0.39, 0.29) is 70.7 Å². The molecule has 0 radical (unpaired) electrons. The molecule has 6 rings (SSSR count). The van der Waals surface area contributed by atoms with E-state index in [4.69, 9.17) is 9.47 Å². The number of carboxylic acid groups (broad SMARTS) is 1. The summed E-state index contributed by atoms with van der Waals surface area (Å²) in [5.74, 6) is -0.204. The summed E-state index contributed by atoms with van der Waals surface area (Å²) >= 11 is 0. The molecule has 5 fully saturated rings. The number of carbonyl (C=O) groups is 5. The average Bonchev–Trinajstić information content (AvgIpc) is 3.57. The fourth-order valence-corrected chi connectivity index (χ4v) is 13.0. The molecule has 1 aliphatic heterocycles. The fourth-order valence-electron chi connectivity index (χ4n) is 13.0. The molecule has 52 heavy (non-hydrogen) atoms. The average molecular weight is 725 g/mol. The number of carbonyl (C=O) groups excluding carboxylic acids is 4. The zero-order valence-corrected chi connectivity index (χ0v) is 33.2. The van der Waals surface area contributed by atoms with Gasteiger partial charge in [0.1, 0.15) is 12.7 Å². The summed E-state index contributed by atoms with van der Waals surface area (Å²) in [4.78, 5) is 66.0. The molecule has 10 nitrogen and oxygen atoms in total. The molecule has 10 heteroatoms. The van der Waals surface area contributed by atoms with Crippen LogP contribution >= 0.6 is 0 Å². The maximum Gasteiger partial charge on any atom is 0.407 e. The van der Waals surface area contributed by atoms with Crippen LogP contribution in [0.4, 0.5) is 4.79 Å². The Hall–Kier alpha value is -2.91. The normalized spacial score (nSPS) is 38.3. The van der Waals surface area contributed by atoms with Crippen LogP contribution in [-0.4, -0.2) is 71.1 Å². The van der Waals surface area contributed by atoms with Crippen molar-refractivity contribution >= 4 is 29.7 Å². The lowest BCUT2D eigenvalue weighted by Crippen LogP contribution is -2.67. The lowest BCUT2D eigenvalue weighted by atomic mass is 9.33. The van der Waals surface area contributed by atoms with Gasteiger partial charge in [-0.25, -0.2) is 4.79 Å². The lowest BCUT2D eigenvalue weighted by molar-refractivity contribution is -0.232. The molecule has 4 saturated carbocycles. The van der Waals surface area contributed by atoms with Crippen LogP contribution in [0.5, 0.6) is 0 Å². The number of alkyl carbamates (subject to hydrolysis) is 1. The van der Waals surface area contributed by atoms with Gasteiger partial charge in [0.05, 0.1) is 23.9 Å². The molecule has 0 aromatic rings. The third-order valence-electron chi connectivity index (χ3n) is 15.9. The van der Waals surface area contributed by atoms with E-state index in [9.17, 15) is 29.1 Å². The Labute approximate surface area is 310 Å². The first kappa shape index (κ1) is 38.8. The monoisotopic (exact) mass is 724 g/mol. The Balaban J connectivity index is 1.23. The van der Waals surface area contributed by atoms with Gasteiger partial charge in [0.25, 0.3) is 0 Å². The second kappa shape index (κ2) is 13.1. The van der Waals surface area contributed by atoms with E-state index < -0.39 is 29.0 Å². The maximum absolute atomic E-state index is 13.9. The minimum atomic E-state index is -1.18. The van der Waals surface area contributed by atoms with Gasteiger partial charge in [-0.2, -0.15) is 0 Å². The smallest absolute Gasteiger partial charge is 0.407 e. The third-order valence-corrected chi connectivity index (χ3v) is 15.9. The number of nitrogens with one attached hydrogen (secondary N) is 1. The number of esters is 1. The third kappa shape index (κ3) is 6.00. The summed E-state index contributed by atoms with van der Waals surface area (Å²) in [6.45, 7) is 20.5. The number of ketones is 1. The number of rotatable bonds is 9. The summed E-state index contributed by atoms with van der Waals surface area (Å²) in [5.41, 5.74) is -0.188. The van der Waals surface area contributed by atoms with Crippen molar-refractivity contribution < 1.29 is 38.6 Å². The highest BCUT2D eigenvalue weighted by Gasteiger charge is 2.70. The number of likely N-dealkylation sites (tertiary alicyclic amines) is 1. The number of Topliss-reactive ketones (excluding diaryl/α,β-unsaturated/α-hetero) is 1. The number of ether oxygens (including phenoxy) is 2. The molecule has 1 heterocycles. The predicted molar refractivity (Wildman–Crippen MR) is 196 cm³/mol. The van der Waals surface area contributed by atoms with E-state index in [1.165, 1.54) is 0 Å². The van der Waals surface area contributed by atoms with Crippen LogP contribution in [0.3, 0.4) is 0 Å². The molecule has 2 amide bonds. The van der Waals surface area contributed by atoms with Gasteiger partial charge in [0.2, 0.25) is 5.91 Å². The molecule has 0 spiro atoms. The molecular formula is C42H64N2O8. The van der Waals surface area contributed by atoms with Crippen LogP contribution in [-0.2, 0) is 28.7 Å². The van der Waals surface area contributed by atoms with Crippen molar-refractivity contribution in [3.8, 4) is 0 Å². The predicted octanol–water partition coefficient (Wildman–Crippen LogP) is 7.48. The first-order valence-corrected chi connectivity index (χ1v) is 20.1. The van der Waals surface area contributed by atoms with Crippen LogP contribution in [0.25, 0.3) is 0 Å². The van der Waals surface area contributed by atoms with Gasteiger partial charge in [-0.1, -0.05) is 48.5 Å². The van der Waals surface area contributed by atoms with E-state index in [2.05, 4.69) is 53.8 Å². The largest absolute Gasteiger partial charge is 0.481 e. The van der Waals surface area contributed by atoms with Gasteiger partial charge in [-0.05, 0) is 123 Å². The SMILES string of the molecule is CC(C)C1=C2C3CCC4[C@@]5(C)CC[C@H](OC(=O)CC(C)(C)C(=O)O)C(C)(C)C5CC[C@@]4(C)[C@]3(C)CC[C@@]2(NC(=O)OCCN2CCCC2=O)CC1=O. The number of hydrogen-bond acceptors (Lipinski definition) is 7. The highest BCUT2D eigenvalue weighted by Crippen LogP contribution is 2.76. The number of carboxylic acids is 1. The standard InChI is InChI=1S/C42H64N2O8/c1-25(2)33-27(45)23-42(43-36(50)51-22-21-44-20-10-11-31(44)46)19-18-40(8)26(34(33)42)12-13-29-39(7)16-15-30(52-32(47)24-37(3,4)35(48)49)38(5,6)28(39)14-17-41(29,40)9/h25-26,28-30H,10-24H2,1-9H3,(H,43,50)(H,48,49)/t26?,28?,29?,30-,39-,40+,41+,42+/m0/s1. The molecule has 5 aliphatic carbocycles. The zero-order chi connectivity index (χ0) is 38.2. The Morgan fingerprint density at radius 3 is 2.29 bits per heavy atom. The van der Waals surface area contributed by atoms with Crippen LogP contribution < -0.4 is 5.32 Å². The van der Waals surface area contributed by atoms with Gasteiger partial charge >= 0.3 is 18.0 Å². The first-order chi connectivity index (χ1) is 24.1. The maximum atomic E-state index is 13.9. The number of aliphatic carboxylic acids is 1. The molecule has 0 aromatic heterocycles. The van der Waals surface area contributed by atoms with Crippen LogP contribution in [0.2, 0.25) is 0 Å². The minimum Gasteiger partial charge on any atom is -0.481 e. The van der Waals surface area contributed by atoms with Crippen LogP contribution in [0, 0.1) is 50.7 Å². The molecule has 2 N–H and O–H groups in total. The Bertz CT molecular complexity index is 1550. The van der Waals surface area contributed by atoms with Gasteiger partial charge in [-0.3, -0.25) is 19.2 Å². The second-order valence-electron chi connectivity index (χ2n) is 19.7. The van der Waals surface area contributed by atoms with Gasteiger partial charge < -0.3 is 24.8 Å². The fraction of sp³-hybridized carbons (Fsp3) is 0.833. The van der Waals surface area contributed by atoms with E-state index in [0.29, 0.717) is 37.8 Å². The molecule has 1 saturated heterocycles. The number of hydrogen-bond donors (Lipinski definition) is 2. The van der Waals surface area contributed by atoms with Crippen molar-refractivity contribution in [3.05, 3.63) is 11.1 Å². The number of allylic oxidation sites excluding steroid dienone is 1. The molecule has 8 atom stereocenters. The Morgan fingerprint density at radius 1 is 0.942 bits per heavy atom. The summed E-state index contributed by atoms with van der Waals surface area (Å²) in [6.07, 6.45) is 8.07. The van der Waals surface area contributed by atoms with Crippen molar-refractivity contribution in [1.29, 1.82) is 0 Å². The van der Waals surface area contributed by atoms with E-state index in [1.54, 1.807) is 18.7 Å². The van der Waals surface area contributed by atoms with Gasteiger partial charge in [0.15, 0.2) is 5.78 Å². The molecule has 0 bridgehead atoms. The van der Waals surface area contributed by atoms with Crippen molar-refractivity contribution in [3.63, 3.8) is 0 Å². The minimum absolute atomic E-state index is 0.00192. The van der Waals surface area contributed by atoms with Crippen LogP contribution in [0.1, 0.15) is 139 Å². The van der Waals surface area contributed by atoms with Crippen molar-refractivity contribution in [2.75, 3.05) is 19.7 Å². The summed E-state index contributed by atoms with van der Waals surface area (Å²) in [5, 5.41) is 12.9. The molecule has 290 valence electrons. The molecular weight excluding hydrogens is 660 g/mol. The molecule has 6 aliphatic rings. The highest BCUT2D eigenvalue weighted by atomic mass is 16.6. The zero-order valence-electron chi connectivity index (χ0n) is 33.2. The van der Waals surface area contributed by atoms with E-state index in [1.807, 2.05) is 0 Å². The van der Waals surface area contributed by atoms with Gasteiger partial charge in [0, 0.05) is 24.8 Å². The number of fused-ring (bicyclic) bond motifs is 7. The quantitative estimate of drug-likeness (QED) is 0.234. The van der Waals surface area contributed by atoms with E-state index in [0.717, 1.165) is 62.5 Å². The number of amides is 2. The Kier molecular flexibility index (Phi) is 9.80. The van der Waals surface area contributed by atoms with E-state index >= 15 is 0 Å². The molecule has 0 aromatic carbocycles. The summed E-state index contributed by atoms with van der Waals surface area (Å²) < 4.78 is 11.8. The lowest BCUT2D eigenvalue weighted by Gasteiger charge is -2.72. The van der Waals surface area contributed by atoms with Crippen molar-refractivity contribution in [1.82, 2.24) is 10.2 Å². The second-order valence-corrected chi connectivity index (χ2v) is 19.7. The van der Waals surface area contributed by atoms with Gasteiger partial charge in [-0.15, -0.1) is 0 Å². The van der Waals surface area contributed by atoms with Crippen molar-refractivity contribution in [2.24, 2.45) is 50.7 Å². The highest BCUT2D eigenvalue weighted by molar-refractivity contribution is 6.02. The topological polar surface area (TPSA) is 139 Å². The summed E-state index contributed by atoms with van der Waals surface area (Å²) in [6, 6.07) is 0. The Morgan fingerprint density at radius 2 is 1.65 bits per heavy atom. The van der Waals surface area contributed by atoms with Crippen LogP contribution in [0.15, 0.2) is 11.1 Å². The summed E-state index contributed by atoms with van der Waals surface area (Å²) in [7, 11) is 0.